The molecule has 2 unspecified atom stereocenters. The fraction of sp³-hybridized carbons (Fsp3) is 1.00. The standard InChI is InChI=1S/C8H14.C7H12.C7H14.C6H13N.2C6H12O.C6H12.C5H12N2.C5H10O2.C5H10S2.2C2H6/c1-2-8-5-3-7(1)4-6-8;1-2-7-4-3-6(1)5-7;2*1-7-5-3-2-4-6-7;1-6-3-2-4-7-5-6;1-6-4-2-3-5-7-6;1-6-4-2-3-5-6;1-7-4-2-6-3-5-7;2*1-5-6-3-2-4-7-5;2*1-2/h7-8H,1-6H2;6-7H,1-5H2;7H,2-6H2,1H3;2-6H2,1H3;2*6H,2-5H2,1H3;6H,2-5H2,1H3;6H,2-5H2,1H3;2*5H,2-4H2,1H3;2*1-2H3. The normalized spacial score (nSPS) is 29.8. The van der Waals surface area contributed by atoms with Crippen LogP contribution in [0.5, 0.6) is 0 Å². The van der Waals surface area contributed by atoms with Crippen molar-refractivity contribution in [3.8, 4) is 0 Å². The number of rotatable bonds is 0. The van der Waals surface area contributed by atoms with Gasteiger partial charge in [-0.05, 0) is 165 Å². The molecule has 6 heterocycles. The molecule has 7 nitrogen and oxygen atoms in total. The van der Waals surface area contributed by atoms with Gasteiger partial charge in [0, 0.05) is 50.6 Å². The van der Waals surface area contributed by atoms with Crippen molar-refractivity contribution >= 4 is 23.5 Å². The first-order chi connectivity index (χ1) is 36.0. The van der Waals surface area contributed by atoms with Crippen LogP contribution >= 0.6 is 23.5 Å². The molecule has 0 amide bonds. The maximum Gasteiger partial charge on any atom is 0.154 e. The van der Waals surface area contributed by atoms with E-state index in [0.29, 0.717) is 6.10 Å². The van der Waals surface area contributed by atoms with E-state index in [9.17, 15) is 0 Å². The number of thioether (sulfide) groups is 2. The Morgan fingerprint density at radius 3 is 1.01 bits per heavy atom. The minimum absolute atomic E-state index is 0.0359. The van der Waals surface area contributed by atoms with Gasteiger partial charge in [-0.25, -0.2) is 0 Å². The highest BCUT2D eigenvalue weighted by atomic mass is 32.2. The highest BCUT2D eigenvalue weighted by molar-refractivity contribution is 8.17. The number of hydrogen-bond acceptors (Lipinski definition) is 9. The van der Waals surface area contributed by atoms with E-state index < -0.39 is 0 Å². The van der Waals surface area contributed by atoms with Crippen molar-refractivity contribution in [2.24, 2.45) is 41.4 Å². The minimum atomic E-state index is 0.0359. The molecule has 9 heteroatoms. The smallest absolute Gasteiger partial charge is 0.154 e. The number of likely N-dealkylation sites (tertiary alicyclic amines) is 1. The second-order valence-electron chi connectivity index (χ2n) is 24.0. The first kappa shape index (κ1) is 72.4. The van der Waals surface area contributed by atoms with Gasteiger partial charge in [0.1, 0.15) is 0 Å². The van der Waals surface area contributed by atoms with Gasteiger partial charge < -0.3 is 34.1 Å². The molecule has 2 atom stereocenters. The lowest BCUT2D eigenvalue weighted by molar-refractivity contribution is -0.167. The third-order valence-corrected chi connectivity index (χ3v) is 19.6. The van der Waals surface area contributed by atoms with E-state index >= 15 is 0 Å². The number of nitrogens with one attached hydrogen (secondary N) is 1. The van der Waals surface area contributed by atoms with Gasteiger partial charge >= 0.3 is 0 Å². The second kappa shape index (κ2) is 51.6. The topological polar surface area (TPSA) is 55.4 Å². The minimum Gasteiger partial charge on any atom is -0.381 e. The molecule has 0 spiro atoms. The molecule has 0 radical (unpaired) electrons. The second-order valence-corrected chi connectivity index (χ2v) is 27.2. The zero-order valence-corrected chi connectivity index (χ0v) is 53.7. The highest BCUT2D eigenvalue weighted by Gasteiger charge is 2.30. The Balaban J connectivity index is 0.000000408. The van der Waals surface area contributed by atoms with Crippen LogP contribution in [0, 0.1) is 41.4 Å². The summed E-state index contributed by atoms with van der Waals surface area (Å²) in [6.45, 7) is 33.3. The van der Waals surface area contributed by atoms with Gasteiger partial charge in [-0.2, -0.15) is 0 Å². The molecule has 1 N–H and O–H groups in total. The number of hydrogen-bond donors (Lipinski definition) is 1. The lowest BCUT2D eigenvalue weighted by Crippen LogP contribution is -2.40. The van der Waals surface area contributed by atoms with Gasteiger partial charge in [0.15, 0.2) is 6.29 Å². The molecular formula is C65H133N3O4S2. The summed E-state index contributed by atoms with van der Waals surface area (Å²) in [5, 5.41) is 3.27. The summed E-state index contributed by atoms with van der Waals surface area (Å²) >= 11 is 4.16. The van der Waals surface area contributed by atoms with Crippen molar-refractivity contribution in [3.63, 3.8) is 0 Å². The van der Waals surface area contributed by atoms with Crippen molar-refractivity contribution in [1.82, 2.24) is 15.1 Å². The maximum atomic E-state index is 5.28. The summed E-state index contributed by atoms with van der Waals surface area (Å²) in [5.74, 6) is 10.3. The van der Waals surface area contributed by atoms with Crippen molar-refractivity contribution < 1.29 is 18.9 Å². The van der Waals surface area contributed by atoms with Gasteiger partial charge in [-0.1, -0.05) is 177 Å². The molecule has 444 valence electrons. The first-order valence-corrected chi connectivity index (χ1v) is 34.9. The fourth-order valence-corrected chi connectivity index (χ4v) is 14.2. The summed E-state index contributed by atoms with van der Waals surface area (Å²) in [4.78, 5) is 4.72. The van der Waals surface area contributed by atoms with Gasteiger partial charge in [-0.3, -0.25) is 0 Å². The van der Waals surface area contributed by atoms with E-state index in [4.69, 9.17) is 18.9 Å². The van der Waals surface area contributed by atoms with E-state index in [-0.39, 0.29) is 6.29 Å². The Morgan fingerprint density at radius 1 is 0.378 bits per heavy atom. The monoisotopic (exact) mass is 1080 g/mol. The van der Waals surface area contributed by atoms with Crippen LogP contribution in [0.3, 0.4) is 0 Å². The number of fused-ring (bicyclic) bond motifs is 5. The molecule has 7 saturated carbocycles. The van der Waals surface area contributed by atoms with Crippen molar-refractivity contribution in [2.75, 3.05) is 97.9 Å². The predicted molar refractivity (Wildman–Crippen MR) is 332 cm³/mol. The van der Waals surface area contributed by atoms with E-state index in [0.717, 1.165) is 86.7 Å². The molecule has 74 heavy (non-hydrogen) atoms. The third kappa shape index (κ3) is 43.2. The SMILES string of the molecule is C1CC2CCC1C2.C1CC2CCC1CC2.CC.CC.CC1CCCC1.CC1CCCCC1.CC1CCCCO1.CC1CCCOC1.CC1OCCCO1.CC1SCCCS1.CN1CCCCC1.CN1CCNCC1. The summed E-state index contributed by atoms with van der Waals surface area (Å²) in [6, 6.07) is 0. The number of piperazine rings is 1. The summed E-state index contributed by atoms with van der Waals surface area (Å²) in [7, 11) is 4.35. The molecule has 6 saturated heterocycles. The number of ether oxygens (including phenoxy) is 4. The Morgan fingerprint density at radius 2 is 0.797 bits per heavy atom. The van der Waals surface area contributed by atoms with Crippen molar-refractivity contribution in [1.29, 1.82) is 0 Å². The van der Waals surface area contributed by atoms with Crippen molar-refractivity contribution in [2.45, 2.75) is 279 Å². The van der Waals surface area contributed by atoms with E-state index in [1.807, 2.05) is 34.6 Å². The average molecular weight is 1080 g/mol. The molecule has 0 aromatic heterocycles. The maximum absolute atomic E-state index is 5.28. The Kier molecular flexibility index (Phi) is 50.5. The highest BCUT2D eigenvalue weighted by Crippen LogP contribution is 2.44. The fourth-order valence-electron chi connectivity index (χ4n) is 11.7. The number of likely N-dealkylation sites (N-methyl/N-ethyl adjacent to an activating group) is 1. The number of piperidine rings is 1. The van der Waals surface area contributed by atoms with Gasteiger partial charge in [0.05, 0.1) is 19.3 Å². The summed E-state index contributed by atoms with van der Waals surface area (Å²) in [6.07, 6.45) is 44.4. The molecule has 4 bridgehead atoms. The predicted octanol–water partition coefficient (Wildman–Crippen LogP) is 18.2. The Hall–Kier alpha value is 0.420. The number of nitrogens with zero attached hydrogens (tertiary/aromatic N) is 2. The molecular weight excluding hydrogens is 951 g/mol. The van der Waals surface area contributed by atoms with Gasteiger partial charge in [0.2, 0.25) is 0 Å². The molecule has 13 aliphatic rings. The molecule has 0 aromatic rings. The van der Waals surface area contributed by atoms with E-state index in [1.165, 1.54) is 165 Å². The zero-order valence-electron chi connectivity index (χ0n) is 52.0. The molecule has 6 aliphatic heterocycles. The molecule has 13 fully saturated rings. The van der Waals surface area contributed by atoms with Crippen LogP contribution in [0.15, 0.2) is 0 Å². The van der Waals surface area contributed by atoms with E-state index in [2.05, 4.69) is 87.4 Å². The summed E-state index contributed by atoms with van der Waals surface area (Å²) < 4.78 is 21.4. The van der Waals surface area contributed by atoms with E-state index in [1.54, 1.807) is 70.6 Å². The van der Waals surface area contributed by atoms with Crippen LogP contribution in [-0.4, -0.2) is 125 Å². The summed E-state index contributed by atoms with van der Waals surface area (Å²) in [5.41, 5.74) is 0. The zero-order chi connectivity index (χ0) is 54.3. The van der Waals surface area contributed by atoms with Crippen LogP contribution in [0.2, 0.25) is 0 Å². The van der Waals surface area contributed by atoms with Crippen LogP contribution in [-0.2, 0) is 18.9 Å². The van der Waals surface area contributed by atoms with Crippen LogP contribution in [0.4, 0.5) is 0 Å². The van der Waals surface area contributed by atoms with Crippen molar-refractivity contribution in [3.05, 3.63) is 0 Å². The lowest BCUT2D eigenvalue weighted by atomic mass is 9.71. The molecule has 13 rings (SSSR count). The van der Waals surface area contributed by atoms with Crippen LogP contribution in [0.25, 0.3) is 0 Å². The average Bonchev–Trinajstić information content (AvgIpc) is 4.26. The molecule has 0 aromatic carbocycles. The third-order valence-electron chi connectivity index (χ3n) is 16.8. The first-order valence-electron chi connectivity index (χ1n) is 32.8. The van der Waals surface area contributed by atoms with Crippen LogP contribution < -0.4 is 5.32 Å². The largest absolute Gasteiger partial charge is 0.381 e. The van der Waals surface area contributed by atoms with Crippen LogP contribution in [0.1, 0.15) is 262 Å². The molecule has 7 aliphatic carbocycles. The Bertz CT molecular complexity index is 904. The van der Waals surface area contributed by atoms with Gasteiger partial charge in [-0.15, -0.1) is 23.5 Å². The van der Waals surface area contributed by atoms with Gasteiger partial charge in [0.25, 0.3) is 0 Å². The Labute approximate surface area is 473 Å². The lowest BCUT2D eigenvalue weighted by Gasteiger charge is -2.35. The quantitative estimate of drug-likeness (QED) is 0.256.